The Kier molecular flexibility index (Phi) is 4.22. The zero-order valence-electron chi connectivity index (χ0n) is 10.8. The van der Waals surface area contributed by atoms with E-state index in [1.165, 1.54) is 0 Å². The molecule has 0 aromatic carbocycles. The van der Waals surface area contributed by atoms with E-state index in [-0.39, 0.29) is 23.7 Å². The molecule has 0 aromatic rings. The van der Waals surface area contributed by atoms with Crippen LogP contribution in [0.2, 0.25) is 0 Å². The quantitative estimate of drug-likeness (QED) is 0.681. The van der Waals surface area contributed by atoms with Crippen molar-refractivity contribution in [1.82, 2.24) is 10.6 Å². The smallest absolute Gasteiger partial charge is 0.306 e. The van der Waals surface area contributed by atoms with Crippen molar-refractivity contribution < 1.29 is 14.7 Å². The maximum Gasteiger partial charge on any atom is 0.306 e. The first-order valence-electron chi connectivity index (χ1n) is 6.81. The van der Waals surface area contributed by atoms with Crippen LogP contribution in [0, 0.1) is 23.7 Å². The Hall–Kier alpha value is -1.10. The number of aliphatic carboxylic acids is 1. The molecule has 1 saturated carbocycles. The molecule has 102 valence electrons. The lowest BCUT2D eigenvalue weighted by Gasteiger charge is -2.19. The molecule has 1 aliphatic carbocycles. The molecule has 4 unspecified atom stereocenters. The number of carbonyl (C=O) groups is 2. The van der Waals surface area contributed by atoms with Gasteiger partial charge in [-0.2, -0.15) is 0 Å². The predicted molar refractivity (Wildman–Crippen MR) is 67.0 cm³/mol. The molecule has 0 spiro atoms. The minimum atomic E-state index is -0.720. The van der Waals surface area contributed by atoms with E-state index in [9.17, 15) is 9.59 Å². The van der Waals surface area contributed by atoms with Gasteiger partial charge in [0.15, 0.2) is 0 Å². The molecule has 1 heterocycles. The van der Waals surface area contributed by atoms with Gasteiger partial charge in [-0.15, -0.1) is 0 Å². The standard InChI is InChI=1S/C13H22N2O3/c1-8-5-14-7-11(8)12(16)15-6-9-3-2-4-10(9)13(17)18/h8-11,14H,2-7H2,1H3,(H,15,16)(H,17,18). The summed E-state index contributed by atoms with van der Waals surface area (Å²) in [5.41, 5.74) is 0. The third-order valence-corrected chi connectivity index (χ3v) is 4.37. The van der Waals surface area contributed by atoms with Gasteiger partial charge in [0.1, 0.15) is 0 Å². The van der Waals surface area contributed by atoms with Crippen molar-refractivity contribution in [2.45, 2.75) is 26.2 Å². The van der Waals surface area contributed by atoms with Gasteiger partial charge in [-0.1, -0.05) is 13.3 Å². The van der Waals surface area contributed by atoms with Crippen LogP contribution < -0.4 is 10.6 Å². The summed E-state index contributed by atoms with van der Waals surface area (Å²) in [5.74, 6) is -0.412. The average molecular weight is 254 g/mol. The molecule has 0 aromatic heterocycles. The number of hydrogen-bond acceptors (Lipinski definition) is 3. The van der Waals surface area contributed by atoms with Crippen molar-refractivity contribution in [2.75, 3.05) is 19.6 Å². The molecule has 0 bridgehead atoms. The van der Waals surface area contributed by atoms with Crippen molar-refractivity contribution in [3.8, 4) is 0 Å². The van der Waals surface area contributed by atoms with Gasteiger partial charge in [-0.25, -0.2) is 0 Å². The van der Waals surface area contributed by atoms with Crippen LogP contribution in [-0.4, -0.2) is 36.6 Å². The second-order valence-corrected chi connectivity index (χ2v) is 5.62. The molecule has 2 aliphatic rings. The first-order valence-corrected chi connectivity index (χ1v) is 6.81. The summed E-state index contributed by atoms with van der Waals surface area (Å²) in [5, 5.41) is 15.2. The zero-order valence-corrected chi connectivity index (χ0v) is 10.8. The van der Waals surface area contributed by atoms with Crippen LogP contribution in [0.3, 0.4) is 0 Å². The maximum atomic E-state index is 12.0. The molecule has 0 radical (unpaired) electrons. The van der Waals surface area contributed by atoms with Crippen molar-refractivity contribution >= 4 is 11.9 Å². The summed E-state index contributed by atoms with van der Waals surface area (Å²) >= 11 is 0. The normalized spacial score (nSPS) is 35.6. The van der Waals surface area contributed by atoms with Gasteiger partial charge in [0.05, 0.1) is 11.8 Å². The number of amides is 1. The molecular formula is C13H22N2O3. The van der Waals surface area contributed by atoms with Crippen LogP contribution in [0.4, 0.5) is 0 Å². The molecule has 1 amide bonds. The molecule has 2 rings (SSSR count). The first-order chi connectivity index (χ1) is 8.59. The number of carboxylic acid groups (broad SMARTS) is 1. The lowest BCUT2D eigenvalue weighted by Crippen LogP contribution is -2.38. The largest absolute Gasteiger partial charge is 0.481 e. The van der Waals surface area contributed by atoms with E-state index in [1.54, 1.807) is 0 Å². The summed E-state index contributed by atoms with van der Waals surface area (Å²) in [6.07, 6.45) is 2.62. The van der Waals surface area contributed by atoms with Gasteiger partial charge < -0.3 is 15.7 Å². The van der Waals surface area contributed by atoms with Gasteiger partial charge >= 0.3 is 5.97 Å². The van der Waals surface area contributed by atoms with Crippen LogP contribution in [0.5, 0.6) is 0 Å². The SMILES string of the molecule is CC1CNCC1C(=O)NCC1CCCC1C(=O)O. The Bertz CT molecular complexity index is 332. The number of carboxylic acids is 1. The zero-order chi connectivity index (χ0) is 13.1. The molecular weight excluding hydrogens is 232 g/mol. The summed E-state index contributed by atoms with van der Waals surface area (Å²) in [6.45, 7) is 4.21. The van der Waals surface area contributed by atoms with E-state index in [2.05, 4.69) is 17.6 Å². The predicted octanol–water partition coefficient (Wildman–Crippen LogP) is 0.459. The monoisotopic (exact) mass is 254 g/mol. The van der Waals surface area contributed by atoms with Crippen molar-refractivity contribution in [3.63, 3.8) is 0 Å². The summed E-state index contributed by atoms with van der Waals surface area (Å²) in [6, 6.07) is 0. The highest BCUT2D eigenvalue weighted by Crippen LogP contribution is 2.31. The summed E-state index contributed by atoms with van der Waals surface area (Å²) in [7, 11) is 0. The van der Waals surface area contributed by atoms with Gasteiger partial charge in [-0.05, 0) is 31.2 Å². The van der Waals surface area contributed by atoms with E-state index in [1.807, 2.05) is 0 Å². The fraction of sp³-hybridized carbons (Fsp3) is 0.846. The second kappa shape index (κ2) is 5.69. The van der Waals surface area contributed by atoms with Gasteiger partial charge in [0.2, 0.25) is 5.91 Å². The van der Waals surface area contributed by atoms with E-state index >= 15 is 0 Å². The van der Waals surface area contributed by atoms with E-state index in [0.29, 0.717) is 12.5 Å². The Morgan fingerprint density at radius 2 is 2.06 bits per heavy atom. The molecule has 1 aliphatic heterocycles. The Morgan fingerprint density at radius 3 is 2.67 bits per heavy atom. The highest BCUT2D eigenvalue weighted by molar-refractivity contribution is 5.79. The molecule has 5 nitrogen and oxygen atoms in total. The molecule has 2 fully saturated rings. The minimum Gasteiger partial charge on any atom is -0.481 e. The van der Waals surface area contributed by atoms with E-state index in [4.69, 9.17) is 5.11 Å². The fourth-order valence-corrected chi connectivity index (χ4v) is 3.13. The minimum absolute atomic E-state index is 0.0367. The Labute approximate surface area is 107 Å². The van der Waals surface area contributed by atoms with Gasteiger partial charge in [-0.3, -0.25) is 9.59 Å². The third kappa shape index (κ3) is 2.83. The van der Waals surface area contributed by atoms with Crippen LogP contribution in [0.15, 0.2) is 0 Å². The first kappa shape index (κ1) is 13.3. The van der Waals surface area contributed by atoms with Crippen LogP contribution in [0.25, 0.3) is 0 Å². The third-order valence-electron chi connectivity index (χ3n) is 4.37. The fourth-order valence-electron chi connectivity index (χ4n) is 3.13. The lowest BCUT2D eigenvalue weighted by atomic mass is 9.94. The highest BCUT2D eigenvalue weighted by Gasteiger charge is 2.34. The Balaban J connectivity index is 1.80. The van der Waals surface area contributed by atoms with E-state index < -0.39 is 5.97 Å². The van der Waals surface area contributed by atoms with Crippen LogP contribution in [0.1, 0.15) is 26.2 Å². The molecule has 5 heteroatoms. The van der Waals surface area contributed by atoms with Crippen LogP contribution >= 0.6 is 0 Å². The number of hydrogen-bond donors (Lipinski definition) is 3. The topological polar surface area (TPSA) is 78.4 Å². The number of nitrogens with one attached hydrogen (secondary N) is 2. The highest BCUT2D eigenvalue weighted by atomic mass is 16.4. The van der Waals surface area contributed by atoms with E-state index in [0.717, 1.165) is 32.4 Å². The molecule has 3 N–H and O–H groups in total. The number of rotatable bonds is 4. The van der Waals surface area contributed by atoms with Crippen molar-refractivity contribution in [1.29, 1.82) is 0 Å². The Morgan fingerprint density at radius 1 is 1.28 bits per heavy atom. The molecule has 1 saturated heterocycles. The van der Waals surface area contributed by atoms with Gasteiger partial charge in [0.25, 0.3) is 0 Å². The summed E-state index contributed by atoms with van der Waals surface area (Å²) < 4.78 is 0. The van der Waals surface area contributed by atoms with Crippen LogP contribution in [-0.2, 0) is 9.59 Å². The molecule has 4 atom stereocenters. The average Bonchev–Trinajstić information content (AvgIpc) is 2.94. The summed E-state index contributed by atoms with van der Waals surface area (Å²) in [4.78, 5) is 23.0. The lowest BCUT2D eigenvalue weighted by molar-refractivity contribution is -0.143. The van der Waals surface area contributed by atoms with Crippen molar-refractivity contribution in [3.05, 3.63) is 0 Å². The van der Waals surface area contributed by atoms with Crippen molar-refractivity contribution in [2.24, 2.45) is 23.7 Å². The molecule has 18 heavy (non-hydrogen) atoms. The van der Waals surface area contributed by atoms with Gasteiger partial charge in [0, 0.05) is 13.1 Å². The number of carbonyl (C=O) groups excluding carboxylic acids is 1. The second-order valence-electron chi connectivity index (χ2n) is 5.62. The maximum absolute atomic E-state index is 12.0.